The quantitative estimate of drug-likeness (QED) is 0.797. The van der Waals surface area contributed by atoms with E-state index >= 15 is 0 Å². The number of sulfonamides is 1. The molecule has 2 rings (SSSR count). The molecule has 0 spiro atoms. The summed E-state index contributed by atoms with van der Waals surface area (Å²) in [5.41, 5.74) is 6.65. The minimum absolute atomic E-state index is 0.188. The van der Waals surface area contributed by atoms with Crippen molar-refractivity contribution in [3.05, 3.63) is 62.7 Å². The van der Waals surface area contributed by atoms with E-state index in [4.69, 9.17) is 11.6 Å². The van der Waals surface area contributed by atoms with Gasteiger partial charge >= 0.3 is 0 Å². The van der Waals surface area contributed by atoms with Crippen LogP contribution in [0, 0.1) is 34.6 Å². The summed E-state index contributed by atoms with van der Waals surface area (Å²) in [5.74, 6) is -0.620. The summed E-state index contributed by atoms with van der Waals surface area (Å²) in [5, 5.41) is 0.244. The Balaban J connectivity index is 2.35. The van der Waals surface area contributed by atoms with Crippen molar-refractivity contribution in [2.75, 3.05) is 0 Å². The summed E-state index contributed by atoms with van der Waals surface area (Å²) in [6.45, 7) is 9.27. The molecule has 0 bridgehead atoms. The smallest absolute Gasteiger partial charge is 0.267 e. The summed E-state index contributed by atoms with van der Waals surface area (Å²) >= 11 is 5.96. The molecule has 2 N–H and O–H groups in total. The van der Waals surface area contributed by atoms with E-state index in [1.807, 2.05) is 20.8 Å². The van der Waals surface area contributed by atoms with Gasteiger partial charge in [-0.1, -0.05) is 23.7 Å². The zero-order chi connectivity index (χ0) is 18.9. The SMILES string of the molecule is Cc1c(C)c(C)c(S(=O)(=O)NNC(=O)c2ccccc2Cl)c(C)c1C. The molecule has 134 valence electrons. The summed E-state index contributed by atoms with van der Waals surface area (Å²) in [7, 11) is -3.92. The van der Waals surface area contributed by atoms with Crippen LogP contribution in [0.3, 0.4) is 0 Å². The van der Waals surface area contributed by atoms with Crippen molar-refractivity contribution in [2.45, 2.75) is 39.5 Å². The van der Waals surface area contributed by atoms with Crippen molar-refractivity contribution in [1.82, 2.24) is 10.3 Å². The lowest BCUT2D eigenvalue weighted by molar-refractivity contribution is 0.0945. The molecule has 1 amide bonds. The van der Waals surface area contributed by atoms with Gasteiger partial charge in [0, 0.05) is 0 Å². The third-order valence-electron chi connectivity index (χ3n) is 4.62. The number of hydrazine groups is 1. The Morgan fingerprint density at radius 1 is 0.880 bits per heavy atom. The molecule has 7 heteroatoms. The first-order chi connectivity index (χ1) is 11.6. The third kappa shape index (κ3) is 3.71. The highest BCUT2D eigenvalue weighted by Gasteiger charge is 2.24. The van der Waals surface area contributed by atoms with E-state index in [1.54, 1.807) is 32.0 Å². The van der Waals surface area contributed by atoms with Crippen LogP contribution in [0.4, 0.5) is 0 Å². The molecule has 25 heavy (non-hydrogen) atoms. The van der Waals surface area contributed by atoms with Gasteiger partial charge in [-0.05, 0) is 74.6 Å². The fourth-order valence-corrected chi connectivity index (χ4v) is 4.41. The topological polar surface area (TPSA) is 75.3 Å². The molecule has 0 saturated heterocycles. The van der Waals surface area contributed by atoms with Gasteiger partial charge in [0.2, 0.25) is 0 Å². The lowest BCUT2D eigenvalue weighted by Gasteiger charge is -2.19. The van der Waals surface area contributed by atoms with E-state index in [1.165, 1.54) is 6.07 Å². The van der Waals surface area contributed by atoms with Crippen LogP contribution in [0.25, 0.3) is 0 Å². The minimum Gasteiger partial charge on any atom is -0.273 e. The Morgan fingerprint density at radius 3 is 1.88 bits per heavy atom. The van der Waals surface area contributed by atoms with Crippen molar-refractivity contribution >= 4 is 27.5 Å². The first-order valence-electron chi connectivity index (χ1n) is 7.71. The van der Waals surface area contributed by atoms with E-state index in [9.17, 15) is 13.2 Å². The number of benzene rings is 2. The van der Waals surface area contributed by atoms with Gasteiger partial charge in [0.1, 0.15) is 0 Å². The van der Waals surface area contributed by atoms with Crippen LogP contribution >= 0.6 is 11.6 Å². The number of hydrogen-bond donors (Lipinski definition) is 2. The van der Waals surface area contributed by atoms with Crippen LogP contribution in [0.5, 0.6) is 0 Å². The normalized spacial score (nSPS) is 11.4. The Morgan fingerprint density at radius 2 is 1.36 bits per heavy atom. The van der Waals surface area contributed by atoms with Gasteiger partial charge in [-0.25, -0.2) is 8.42 Å². The van der Waals surface area contributed by atoms with E-state index in [0.29, 0.717) is 11.1 Å². The average molecular weight is 381 g/mol. The van der Waals surface area contributed by atoms with Crippen molar-refractivity contribution in [3.8, 4) is 0 Å². The lowest BCUT2D eigenvalue weighted by Crippen LogP contribution is -2.42. The molecule has 0 heterocycles. The van der Waals surface area contributed by atoms with E-state index in [-0.39, 0.29) is 15.5 Å². The molecule has 0 atom stereocenters. The molecule has 0 fully saturated rings. The van der Waals surface area contributed by atoms with Gasteiger partial charge in [-0.15, -0.1) is 4.83 Å². The number of carbonyl (C=O) groups is 1. The Kier molecular flexibility index (Phi) is 5.56. The maximum atomic E-state index is 12.8. The van der Waals surface area contributed by atoms with Crippen molar-refractivity contribution in [2.24, 2.45) is 0 Å². The predicted molar refractivity (Wildman–Crippen MR) is 99.4 cm³/mol. The fraction of sp³-hybridized carbons (Fsp3) is 0.278. The second-order valence-electron chi connectivity index (χ2n) is 5.99. The van der Waals surface area contributed by atoms with E-state index in [2.05, 4.69) is 10.3 Å². The molecule has 0 radical (unpaired) electrons. The Hall–Kier alpha value is -1.89. The highest BCUT2D eigenvalue weighted by Crippen LogP contribution is 2.29. The second-order valence-corrected chi connectivity index (χ2v) is 8.02. The zero-order valence-corrected chi connectivity index (χ0v) is 16.4. The highest BCUT2D eigenvalue weighted by molar-refractivity contribution is 7.89. The number of rotatable bonds is 4. The second kappa shape index (κ2) is 7.15. The molecular weight excluding hydrogens is 360 g/mol. The molecular formula is C18H21ClN2O3S. The van der Waals surface area contributed by atoms with Gasteiger partial charge in [0.15, 0.2) is 0 Å². The maximum absolute atomic E-state index is 12.8. The summed E-state index contributed by atoms with van der Waals surface area (Å²) < 4.78 is 25.5. The number of halogens is 1. The van der Waals surface area contributed by atoms with Crippen LogP contribution in [-0.4, -0.2) is 14.3 Å². The van der Waals surface area contributed by atoms with Gasteiger partial charge in [-0.3, -0.25) is 10.2 Å². The highest BCUT2D eigenvalue weighted by atomic mass is 35.5. The molecule has 0 saturated carbocycles. The fourth-order valence-electron chi connectivity index (χ4n) is 2.75. The van der Waals surface area contributed by atoms with Crippen LogP contribution in [0.1, 0.15) is 38.2 Å². The monoisotopic (exact) mass is 380 g/mol. The Bertz CT molecular complexity index is 924. The minimum atomic E-state index is -3.92. The van der Waals surface area contributed by atoms with Crippen LogP contribution < -0.4 is 10.3 Å². The molecule has 0 aliphatic carbocycles. The lowest BCUT2D eigenvalue weighted by atomic mass is 9.95. The summed E-state index contributed by atoms with van der Waals surface area (Å²) in [6.07, 6.45) is 0. The van der Waals surface area contributed by atoms with Gasteiger partial charge in [0.25, 0.3) is 15.9 Å². The number of hydrogen-bond acceptors (Lipinski definition) is 3. The van der Waals surface area contributed by atoms with E-state index in [0.717, 1.165) is 16.7 Å². The van der Waals surface area contributed by atoms with Crippen LogP contribution in [0.15, 0.2) is 29.2 Å². The molecule has 5 nitrogen and oxygen atoms in total. The van der Waals surface area contributed by atoms with Crippen molar-refractivity contribution < 1.29 is 13.2 Å². The maximum Gasteiger partial charge on any atom is 0.267 e. The number of nitrogens with one attached hydrogen (secondary N) is 2. The average Bonchev–Trinajstić information content (AvgIpc) is 2.56. The van der Waals surface area contributed by atoms with Crippen LogP contribution in [-0.2, 0) is 10.0 Å². The zero-order valence-electron chi connectivity index (χ0n) is 14.8. The molecule has 0 aliphatic rings. The summed E-state index contributed by atoms with van der Waals surface area (Å²) in [6, 6.07) is 6.42. The number of amides is 1. The van der Waals surface area contributed by atoms with Crippen molar-refractivity contribution in [1.29, 1.82) is 0 Å². The first kappa shape index (κ1) is 19.4. The largest absolute Gasteiger partial charge is 0.273 e. The van der Waals surface area contributed by atoms with Gasteiger partial charge < -0.3 is 0 Å². The summed E-state index contributed by atoms with van der Waals surface area (Å²) in [4.78, 5) is 14.5. The Labute approximate surface area is 153 Å². The predicted octanol–water partition coefficient (Wildman–Crippen LogP) is 3.51. The number of carbonyl (C=O) groups excluding carboxylic acids is 1. The molecule has 2 aromatic carbocycles. The standard InChI is InChI=1S/C18H21ClN2O3S/c1-10-11(2)13(4)17(14(5)12(10)3)25(23,24)21-20-18(22)15-8-6-7-9-16(15)19/h6-9,21H,1-5H3,(H,20,22). The van der Waals surface area contributed by atoms with Crippen LogP contribution in [0.2, 0.25) is 5.02 Å². The van der Waals surface area contributed by atoms with Gasteiger partial charge in [0.05, 0.1) is 15.5 Å². The molecule has 0 aromatic heterocycles. The van der Waals surface area contributed by atoms with E-state index < -0.39 is 15.9 Å². The molecule has 2 aromatic rings. The third-order valence-corrected chi connectivity index (χ3v) is 6.47. The van der Waals surface area contributed by atoms with Gasteiger partial charge in [-0.2, -0.15) is 0 Å². The van der Waals surface area contributed by atoms with Crippen molar-refractivity contribution in [3.63, 3.8) is 0 Å². The molecule has 0 unspecified atom stereocenters. The molecule has 0 aliphatic heterocycles. The first-order valence-corrected chi connectivity index (χ1v) is 9.57.